The third-order valence-corrected chi connectivity index (χ3v) is 1.81. The van der Waals surface area contributed by atoms with Crippen molar-refractivity contribution < 1.29 is 10.2 Å². The first kappa shape index (κ1) is 14.0. The molecule has 0 saturated carbocycles. The Morgan fingerprint density at radius 2 is 1.53 bits per heavy atom. The lowest BCUT2D eigenvalue weighted by atomic mass is 10.0. The van der Waals surface area contributed by atoms with Crippen molar-refractivity contribution in [2.75, 3.05) is 0 Å². The molecule has 0 atom stereocenters. The number of phenols is 1. The van der Waals surface area contributed by atoms with E-state index in [1.807, 2.05) is 19.1 Å². The minimum Gasteiger partial charge on any atom is -0.508 e. The van der Waals surface area contributed by atoms with Crippen LogP contribution in [-0.4, -0.2) is 16.3 Å². The summed E-state index contributed by atoms with van der Waals surface area (Å²) in [5.74, 6) is 0.815. The van der Waals surface area contributed by atoms with Gasteiger partial charge in [0.2, 0.25) is 0 Å². The number of aliphatic hydroxyl groups is 1. The minimum absolute atomic E-state index is 0.167. The molecule has 0 heterocycles. The fraction of sp³-hybridized carbons (Fsp3) is 0.538. The number of aliphatic hydroxyl groups excluding tert-OH is 1. The second-order valence-corrected chi connectivity index (χ2v) is 4.31. The Morgan fingerprint density at radius 3 is 1.87 bits per heavy atom. The highest BCUT2D eigenvalue weighted by Crippen LogP contribution is 2.25. The summed E-state index contributed by atoms with van der Waals surface area (Å²) >= 11 is 0. The fourth-order valence-electron chi connectivity index (χ4n) is 1.14. The number of hydrogen-bond donors (Lipinski definition) is 2. The van der Waals surface area contributed by atoms with E-state index in [-0.39, 0.29) is 6.10 Å². The number of aromatic hydroxyl groups is 1. The Morgan fingerprint density at radius 1 is 1.07 bits per heavy atom. The molecular formula is C13H22O2. The van der Waals surface area contributed by atoms with E-state index in [0.29, 0.717) is 11.7 Å². The van der Waals surface area contributed by atoms with Crippen molar-refractivity contribution in [3.8, 4) is 5.75 Å². The molecule has 0 unspecified atom stereocenters. The molecule has 2 nitrogen and oxygen atoms in total. The number of aryl methyl sites for hydroxylation is 1. The van der Waals surface area contributed by atoms with E-state index in [2.05, 4.69) is 13.8 Å². The van der Waals surface area contributed by atoms with Gasteiger partial charge in [-0.2, -0.15) is 0 Å². The van der Waals surface area contributed by atoms with E-state index >= 15 is 0 Å². The van der Waals surface area contributed by atoms with E-state index < -0.39 is 0 Å². The molecule has 0 aliphatic rings. The van der Waals surface area contributed by atoms with Crippen LogP contribution in [0.4, 0.5) is 0 Å². The van der Waals surface area contributed by atoms with Crippen molar-refractivity contribution in [3.63, 3.8) is 0 Å². The predicted molar refractivity (Wildman–Crippen MR) is 64.3 cm³/mol. The third kappa shape index (κ3) is 6.13. The van der Waals surface area contributed by atoms with Crippen LogP contribution in [0.2, 0.25) is 0 Å². The summed E-state index contributed by atoms with van der Waals surface area (Å²) in [6, 6.07) is 5.81. The highest BCUT2D eigenvalue weighted by molar-refractivity contribution is 5.37. The average molecular weight is 210 g/mol. The SMILES string of the molecule is CC(C)O.Cc1ccc(C(C)C)c(O)c1. The zero-order chi connectivity index (χ0) is 12.0. The summed E-state index contributed by atoms with van der Waals surface area (Å²) in [7, 11) is 0. The quantitative estimate of drug-likeness (QED) is 0.747. The Hall–Kier alpha value is -1.02. The molecule has 15 heavy (non-hydrogen) atoms. The maximum absolute atomic E-state index is 9.46. The van der Waals surface area contributed by atoms with Gasteiger partial charge in [-0.3, -0.25) is 0 Å². The fourth-order valence-corrected chi connectivity index (χ4v) is 1.14. The topological polar surface area (TPSA) is 40.5 Å². The van der Waals surface area contributed by atoms with Gasteiger partial charge >= 0.3 is 0 Å². The monoisotopic (exact) mass is 210 g/mol. The standard InChI is InChI=1S/C10H14O.C3H8O/c1-7(2)9-5-4-8(3)6-10(9)11;1-3(2)4/h4-7,11H,1-3H3;3-4H,1-2H3. The zero-order valence-electron chi connectivity index (χ0n) is 10.3. The third-order valence-electron chi connectivity index (χ3n) is 1.81. The van der Waals surface area contributed by atoms with Gasteiger partial charge < -0.3 is 10.2 Å². The first-order valence-electron chi connectivity index (χ1n) is 5.32. The van der Waals surface area contributed by atoms with Crippen LogP contribution in [0.5, 0.6) is 5.75 Å². The summed E-state index contributed by atoms with van der Waals surface area (Å²) < 4.78 is 0. The lowest BCUT2D eigenvalue weighted by Gasteiger charge is -2.07. The van der Waals surface area contributed by atoms with Crippen LogP contribution in [0.1, 0.15) is 44.7 Å². The van der Waals surface area contributed by atoms with Crippen molar-refractivity contribution in [1.29, 1.82) is 0 Å². The van der Waals surface area contributed by atoms with Gasteiger partial charge in [0.15, 0.2) is 0 Å². The molecule has 2 N–H and O–H groups in total. The predicted octanol–water partition coefficient (Wildman–Crippen LogP) is 3.21. The van der Waals surface area contributed by atoms with Crippen LogP contribution in [-0.2, 0) is 0 Å². The zero-order valence-corrected chi connectivity index (χ0v) is 10.3. The van der Waals surface area contributed by atoms with E-state index in [1.54, 1.807) is 19.9 Å². The van der Waals surface area contributed by atoms with Gasteiger partial charge in [-0.25, -0.2) is 0 Å². The summed E-state index contributed by atoms with van der Waals surface area (Å²) in [5.41, 5.74) is 2.13. The number of hydrogen-bond acceptors (Lipinski definition) is 2. The molecule has 0 saturated heterocycles. The molecule has 0 radical (unpaired) electrons. The summed E-state index contributed by atoms with van der Waals surface area (Å²) in [6.45, 7) is 9.57. The molecule has 2 heteroatoms. The van der Waals surface area contributed by atoms with Crippen molar-refractivity contribution in [1.82, 2.24) is 0 Å². The number of phenolic OH excluding ortho intramolecular Hbond substituents is 1. The van der Waals surface area contributed by atoms with Crippen LogP contribution < -0.4 is 0 Å². The smallest absolute Gasteiger partial charge is 0.119 e. The van der Waals surface area contributed by atoms with Gasteiger partial charge in [0, 0.05) is 6.10 Å². The van der Waals surface area contributed by atoms with Gasteiger partial charge in [-0.1, -0.05) is 26.0 Å². The lowest BCUT2D eigenvalue weighted by Crippen LogP contribution is -1.87. The average Bonchev–Trinajstić information content (AvgIpc) is 2.01. The van der Waals surface area contributed by atoms with Crippen LogP contribution in [0.3, 0.4) is 0 Å². The largest absolute Gasteiger partial charge is 0.508 e. The number of rotatable bonds is 1. The molecular weight excluding hydrogens is 188 g/mol. The van der Waals surface area contributed by atoms with E-state index in [9.17, 15) is 5.11 Å². The molecule has 0 aromatic heterocycles. The lowest BCUT2D eigenvalue weighted by molar-refractivity contribution is 0.216. The molecule has 0 spiro atoms. The Labute approximate surface area is 92.6 Å². The van der Waals surface area contributed by atoms with E-state index in [1.165, 1.54) is 0 Å². The van der Waals surface area contributed by atoms with Crippen molar-refractivity contribution in [2.24, 2.45) is 0 Å². The Bertz CT molecular complexity index is 288. The summed E-state index contributed by atoms with van der Waals surface area (Å²) in [4.78, 5) is 0. The first-order valence-corrected chi connectivity index (χ1v) is 5.32. The van der Waals surface area contributed by atoms with Crippen LogP contribution >= 0.6 is 0 Å². The van der Waals surface area contributed by atoms with Gasteiger partial charge in [-0.05, 0) is 43.9 Å². The second kappa shape index (κ2) is 6.46. The second-order valence-electron chi connectivity index (χ2n) is 4.31. The molecule has 0 aliphatic heterocycles. The molecule has 1 rings (SSSR count). The number of benzene rings is 1. The highest BCUT2D eigenvalue weighted by Gasteiger charge is 2.03. The van der Waals surface area contributed by atoms with E-state index in [0.717, 1.165) is 11.1 Å². The first-order chi connectivity index (χ1) is 6.84. The molecule has 0 fully saturated rings. The molecule has 0 aliphatic carbocycles. The summed E-state index contributed by atoms with van der Waals surface area (Å²) in [6.07, 6.45) is -0.167. The van der Waals surface area contributed by atoms with Gasteiger partial charge in [0.05, 0.1) is 0 Å². The van der Waals surface area contributed by atoms with Crippen LogP contribution in [0.15, 0.2) is 18.2 Å². The highest BCUT2D eigenvalue weighted by atomic mass is 16.3. The summed E-state index contributed by atoms with van der Waals surface area (Å²) in [5, 5.41) is 17.5. The Balaban J connectivity index is 0.000000423. The maximum Gasteiger partial charge on any atom is 0.119 e. The molecule has 1 aromatic carbocycles. The van der Waals surface area contributed by atoms with Crippen LogP contribution in [0, 0.1) is 6.92 Å². The normalized spacial score (nSPS) is 10.1. The van der Waals surface area contributed by atoms with Crippen molar-refractivity contribution in [3.05, 3.63) is 29.3 Å². The van der Waals surface area contributed by atoms with Crippen LogP contribution in [0.25, 0.3) is 0 Å². The molecule has 0 bridgehead atoms. The minimum atomic E-state index is -0.167. The Kier molecular flexibility index (Phi) is 6.02. The van der Waals surface area contributed by atoms with Gasteiger partial charge in [0.1, 0.15) is 5.75 Å². The maximum atomic E-state index is 9.46. The van der Waals surface area contributed by atoms with Crippen molar-refractivity contribution in [2.45, 2.75) is 46.6 Å². The molecule has 0 amide bonds. The van der Waals surface area contributed by atoms with E-state index in [4.69, 9.17) is 5.11 Å². The molecule has 1 aromatic rings. The van der Waals surface area contributed by atoms with Gasteiger partial charge in [-0.15, -0.1) is 0 Å². The van der Waals surface area contributed by atoms with Crippen molar-refractivity contribution >= 4 is 0 Å². The van der Waals surface area contributed by atoms with Gasteiger partial charge in [0.25, 0.3) is 0 Å². The molecule has 86 valence electrons.